The molecular weight excluding hydrogens is 314 g/mol. The van der Waals surface area contributed by atoms with Crippen molar-refractivity contribution in [3.05, 3.63) is 40.8 Å². The number of nitrogens with one attached hydrogen (secondary N) is 2. The lowest BCUT2D eigenvalue weighted by atomic mass is 10.3. The summed E-state index contributed by atoms with van der Waals surface area (Å²) in [6, 6.07) is 7.74. The Balaban J connectivity index is 2.39. The van der Waals surface area contributed by atoms with E-state index in [1.165, 1.54) is 0 Å². The highest BCUT2D eigenvalue weighted by molar-refractivity contribution is 9.10. The summed E-state index contributed by atoms with van der Waals surface area (Å²) in [6.07, 6.45) is 1.62. The molecule has 1 aromatic carbocycles. The summed E-state index contributed by atoms with van der Waals surface area (Å²) in [5.74, 6) is 0.727. The molecule has 0 aliphatic rings. The third-order valence-corrected chi connectivity index (χ3v) is 2.94. The molecule has 0 fully saturated rings. The number of hydrazine groups is 1. The third-order valence-electron chi connectivity index (χ3n) is 2.32. The van der Waals surface area contributed by atoms with Gasteiger partial charge in [0.1, 0.15) is 0 Å². The van der Waals surface area contributed by atoms with Crippen LogP contribution in [-0.2, 0) is 0 Å². The van der Waals surface area contributed by atoms with Crippen LogP contribution in [0.3, 0.4) is 0 Å². The molecule has 18 heavy (non-hydrogen) atoms. The van der Waals surface area contributed by atoms with E-state index in [0.29, 0.717) is 0 Å². The van der Waals surface area contributed by atoms with Crippen molar-refractivity contribution >= 4 is 44.8 Å². The van der Waals surface area contributed by atoms with Crippen molar-refractivity contribution in [2.24, 2.45) is 5.73 Å². The lowest BCUT2D eigenvalue weighted by Crippen LogP contribution is -2.42. The van der Waals surface area contributed by atoms with Crippen LogP contribution >= 0.6 is 28.1 Å². The minimum Gasteiger partial charge on any atom is -0.375 e. The number of hydrogen-bond donors (Lipinski definition) is 3. The van der Waals surface area contributed by atoms with Gasteiger partial charge in [0.25, 0.3) is 0 Å². The highest BCUT2D eigenvalue weighted by atomic mass is 79.9. The molecule has 0 atom stereocenters. The number of nitrogens with zero attached hydrogens (tertiary/aromatic N) is 2. The molecule has 0 saturated carbocycles. The normalized spacial score (nSPS) is 10.1. The van der Waals surface area contributed by atoms with E-state index in [9.17, 15) is 0 Å². The summed E-state index contributed by atoms with van der Waals surface area (Å²) < 4.78 is 1.00. The molecule has 0 spiro atoms. The van der Waals surface area contributed by atoms with Gasteiger partial charge < -0.3 is 10.7 Å². The Labute approximate surface area is 118 Å². The van der Waals surface area contributed by atoms with Gasteiger partial charge in [-0.3, -0.25) is 5.43 Å². The van der Waals surface area contributed by atoms with Crippen molar-refractivity contribution in [2.75, 3.05) is 5.01 Å². The molecule has 0 amide bonds. The van der Waals surface area contributed by atoms with E-state index < -0.39 is 0 Å². The molecule has 0 radical (unpaired) electrons. The van der Waals surface area contributed by atoms with Crippen LogP contribution in [0.25, 0.3) is 0 Å². The van der Waals surface area contributed by atoms with Crippen molar-refractivity contribution in [3.63, 3.8) is 0 Å². The zero-order valence-electron chi connectivity index (χ0n) is 9.64. The number of aryl methyl sites for hydroxylation is 1. The highest BCUT2D eigenvalue weighted by Crippen LogP contribution is 2.25. The van der Waals surface area contributed by atoms with E-state index >= 15 is 0 Å². The lowest BCUT2D eigenvalue weighted by Gasteiger charge is -2.24. The molecule has 7 heteroatoms. The van der Waals surface area contributed by atoms with Gasteiger partial charge in [0.15, 0.2) is 10.9 Å². The maximum absolute atomic E-state index is 5.55. The zero-order chi connectivity index (χ0) is 13.1. The molecule has 0 aliphatic heterocycles. The topological polar surface area (TPSA) is 70.0 Å². The van der Waals surface area contributed by atoms with Gasteiger partial charge in [-0.25, -0.2) is 9.99 Å². The second-order valence-electron chi connectivity index (χ2n) is 3.64. The monoisotopic (exact) mass is 325 g/mol. The molecule has 0 bridgehead atoms. The first-order valence-electron chi connectivity index (χ1n) is 5.19. The molecule has 0 aliphatic carbocycles. The van der Waals surface area contributed by atoms with Crippen LogP contribution in [0.1, 0.15) is 5.69 Å². The highest BCUT2D eigenvalue weighted by Gasteiger charge is 2.14. The summed E-state index contributed by atoms with van der Waals surface area (Å²) >= 11 is 8.29. The maximum Gasteiger partial charge on any atom is 0.183 e. The molecule has 94 valence electrons. The second-order valence-corrected chi connectivity index (χ2v) is 4.99. The van der Waals surface area contributed by atoms with Crippen LogP contribution in [0, 0.1) is 6.92 Å². The van der Waals surface area contributed by atoms with Gasteiger partial charge in [-0.2, -0.15) is 0 Å². The van der Waals surface area contributed by atoms with Gasteiger partial charge in [0.05, 0.1) is 17.7 Å². The third kappa shape index (κ3) is 2.80. The lowest BCUT2D eigenvalue weighted by molar-refractivity contribution is 0.911. The van der Waals surface area contributed by atoms with Crippen LogP contribution in [0.15, 0.2) is 35.1 Å². The predicted molar refractivity (Wildman–Crippen MR) is 79.5 cm³/mol. The number of halogens is 1. The van der Waals surface area contributed by atoms with Crippen molar-refractivity contribution in [3.8, 4) is 0 Å². The van der Waals surface area contributed by atoms with E-state index in [1.54, 1.807) is 11.3 Å². The van der Waals surface area contributed by atoms with E-state index in [1.807, 2.05) is 31.2 Å². The second kappa shape index (κ2) is 5.36. The SMILES string of the molecule is Cc1[nH]cnc1N(NC(N)=S)c1ccc(Br)cc1. The fourth-order valence-corrected chi connectivity index (χ4v) is 1.87. The standard InChI is InChI=1S/C11H12BrN5S/c1-7-10(15-6-14-7)17(16-11(13)18)9-4-2-8(12)3-5-9/h2-6H,1H3,(H,14,15)(H3,13,16,18). The quantitative estimate of drug-likeness (QED) is 0.597. The Morgan fingerprint density at radius 3 is 2.61 bits per heavy atom. The summed E-state index contributed by atoms with van der Waals surface area (Å²) in [5.41, 5.74) is 10.3. The Morgan fingerprint density at radius 1 is 1.44 bits per heavy atom. The van der Waals surface area contributed by atoms with Gasteiger partial charge in [-0.1, -0.05) is 15.9 Å². The maximum atomic E-state index is 5.55. The first-order chi connectivity index (χ1) is 8.58. The molecule has 0 saturated heterocycles. The number of anilines is 2. The number of nitrogens with two attached hydrogens (primary N) is 1. The number of imidazole rings is 1. The predicted octanol–water partition coefficient (Wildman–Crippen LogP) is 2.37. The Kier molecular flexibility index (Phi) is 3.83. The number of aromatic nitrogens is 2. The van der Waals surface area contributed by atoms with Crippen molar-refractivity contribution in [2.45, 2.75) is 6.92 Å². The van der Waals surface area contributed by atoms with Gasteiger partial charge in [-0.05, 0) is 43.4 Å². The number of hydrogen-bond acceptors (Lipinski definition) is 3. The smallest absolute Gasteiger partial charge is 0.183 e. The minimum absolute atomic E-state index is 0.181. The average molecular weight is 326 g/mol. The van der Waals surface area contributed by atoms with Crippen LogP contribution in [0.5, 0.6) is 0 Å². The molecule has 1 heterocycles. The molecule has 0 unspecified atom stereocenters. The number of H-pyrrole nitrogens is 1. The summed E-state index contributed by atoms with van der Waals surface area (Å²) in [4.78, 5) is 7.27. The van der Waals surface area contributed by atoms with Gasteiger partial charge >= 0.3 is 0 Å². The first-order valence-corrected chi connectivity index (χ1v) is 6.40. The first kappa shape index (κ1) is 12.8. The van der Waals surface area contributed by atoms with E-state index in [4.69, 9.17) is 18.0 Å². The summed E-state index contributed by atoms with van der Waals surface area (Å²) in [6.45, 7) is 1.93. The Hall–Kier alpha value is -1.60. The van der Waals surface area contributed by atoms with Crippen LogP contribution < -0.4 is 16.2 Å². The number of rotatable bonds is 3. The molecule has 2 rings (SSSR count). The van der Waals surface area contributed by atoms with Crippen molar-refractivity contribution < 1.29 is 0 Å². The minimum atomic E-state index is 0.181. The number of benzene rings is 1. The Morgan fingerprint density at radius 2 is 2.11 bits per heavy atom. The van der Waals surface area contributed by atoms with Crippen LogP contribution in [-0.4, -0.2) is 15.1 Å². The Bertz CT molecular complexity index is 551. The molecular formula is C11H12BrN5S. The summed E-state index contributed by atoms with van der Waals surface area (Å²) in [7, 11) is 0. The van der Waals surface area contributed by atoms with Gasteiger partial charge in [0, 0.05) is 4.47 Å². The molecule has 5 nitrogen and oxygen atoms in total. The summed E-state index contributed by atoms with van der Waals surface area (Å²) in [5, 5.41) is 1.92. The number of aromatic amines is 1. The van der Waals surface area contributed by atoms with E-state index in [0.717, 1.165) is 21.7 Å². The molecule has 4 N–H and O–H groups in total. The van der Waals surface area contributed by atoms with Crippen molar-refractivity contribution in [1.82, 2.24) is 15.4 Å². The molecule has 2 aromatic rings. The van der Waals surface area contributed by atoms with Crippen molar-refractivity contribution in [1.29, 1.82) is 0 Å². The van der Waals surface area contributed by atoms with Gasteiger partial charge in [0.2, 0.25) is 0 Å². The van der Waals surface area contributed by atoms with E-state index in [-0.39, 0.29) is 5.11 Å². The van der Waals surface area contributed by atoms with Crippen LogP contribution in [0.4, 0.5) is 11.5 Å². The fourth-order valence-electron chi connectivity index (χ4n) is 1.52. The number of thiocarbonyl (C=S) groups is 1. The zero-order valence-corrected chi connectivity index (χ0v) is 12.0. The van der Waals surface area contributed by atoms with Gasteiger partial charge in [-0.15, -0.1) is 0 Å². The average Bonchev–Trinajstić information content (AvgIpc) is 2.73. The van der Waals surface area contributed by atoms with Crippen LogP contribution in [0.2, 0.25) is 0 Å². The fraction of sp³-hybridized carbons (Fsp3) is 0.0909. The van der Waals surface area contributed by atoms with E-state index in [2.05, 4.69) is 31.3 Å². The largest absolute Gasteiger partial charge is 0.375 e. The molecule has 1 aromatic heterocycles.